The number of carbonyl (C=O) groups is 4. The third-order valence-electron chi connectivity index (χ3n) is 6.02. The van der Waals surface area contributed by atoms with Crippen LogP contribution in [0.25, 0.3) is 5.57 Å². The summed E-state index contributed by atoms with van der Waals surface area (Å²) in [6.07, 6.45) is 1.07. The summed E-state index contributed by atoms with van der Waals surface area (Å²) in [6.45, 7) is 8.53. The van der Waals surface area contributed by atoms with Crippen molar-refractivity contribution in [3.8, 4) is 11.8 Å². The first kappa shape index (κ1) is 22.5. The summed E-state index contributed by atoms with van der Waals surface area (Å²) >= 11 is 0. The first-order chi connectivity index (χ1) is 14.6. The number of hydrogen-bond donors (Lipinski definition) is 0. The summed E-state index contributed by atoms with van der Waals surface area (Å²) in [6, 6.07) is 3.84. The second kappa shape index (κ2) is 8.50. The van der Waals surface area contributed by atoms with Crippen molar-refractivity contribution in [2.75, 3.05) is 6.54 Å². The summed E-state index contributed by atoms with van der Waals surface area (Å²) in [4.78, 5) is 50.8. The predicted octanol–water partition coefficient (Wildman–Crippen LogP) is 3.47. The summed E-state index contributed by atoms with van der Waals surface area (Å²) in [7, 11) is 0. The fourth-order valence-electron chi connectivity index (χ4n) is 4.80. The third kappa shape index (κ3) is 4.46. The Kier molecular flexibility index (Phi) is 6.17. The number of nitrogens with zero attached hydrogens (tertiary/aromatic N) is 1. The number of benzene rings is 1. The van der Waals surface area contributed by atoms with Gasteiger partial charge in [-0.2, -0.15) is 0 Å². The van der Waals surface area contributed by atoms with Crippen LogP contribution in [0.5, 0.6) is 0 Å². The van der Waals surface area contributed by atoms with Crippen molar-refractivity contribution >= 4 is 29.1 Å². The molecular formula is C25H27NO5. The Balaban J connectivity index is 2.08. The highest BCUT2D eigenvalue weighted by Gasteiger charge is 2.47. The number of ether oxygens (including phenoxy) is 1. The van der Waals surface area contributed by atoms with Crippen LogP contribution in [0.2, 0.25) is 0 Å². The van der Waals surface area contributed by atoms with Crippen molar-refractivity contribution in [3.63, 3.8) is 0 Å². The normalized spacial score (nSPS) is 21.1. The number of esters is 1. The minimum absolute atomic E-state index is 0.0827. The molecular weight excluding hydrogens is 394 g/mol. The van der Waals surface area contributed by atoms with E-state index < -0.39 is 11.4 Å². The van der Waals surface area contributed by atoms with Crippen molar-refractivity contribution < 1.29 is 23.9 Å². The Morgan fingerprint density at radius 3 is 2.23 bits per heavy atom. The molecule has 0 aromatic heterocycles. The molecule has 6 nitrogen and oxygen atoms in total. The van der Waals surface area contributed by atoms with Crippen molar-refractivity contribution in [2.24, 2.45) is 5.41 Å². The van der Waals surface area contributed by atoms with Crippen molar-refractivity contribution in [2.45, 2.75) is 60.3 Å². The van der Waals surface area contributed by atoms with Gasteiger partial charge in [0.15, 0.2) is 5.78 Å². The van der Waals surface area contributed by atoms with E-state index in [1.807, 2.05) is 26.0 Å². The second-order valence-corrected chi connectivity index (χ2v) is 8.52. The number of rotatable bonds is 2. The number of amides is 2. The molecule has 3 rings (SSSR count). The van der Waals surface area contributed by atoms with Gasteiger partial charge in [0.2, 0.25) is 11.8 Å². The molecule has 162 valence electrons. The zero-order valence-corrected chi connectivity index (χ0v) is 18.7. The van der Waals surface area contributed by atoms with E-state index in [2.05, 4.69) is 11.8 Å². The lowest BCUT2D eigenvalue weighted by molar-refractivity contribution is -0.149. The van der Waals surface area contributed by atoms with Gasteiger partial charge in [-0.1, -0.05) is 5.92 Å². The molecule has 0 saturated carbocycles. The molecule has 2 amide bonds. The summed E-state index contributed by atoms with van der Waals surface area (Å²) < 4.78 is 5.55. The molecule has 0 radical (unpaired) electrons. The van der Waals surface area contributed by atoms with Gasteiger partial charge in [-0.25, -0.2) is 0 Å². The number of aryl methyl sites for hydroxylation is 2. The van der Waals surface area contributed by atoms with Crippen LogP contribution in [0.4, 0.5) is 0 Å². The van der Waals surface area contributed by atoms with E-state index in [0.29, 0.717) is 24.2 Å². The van der Waals surface area contributed by atoms with Gasteiger partial charge in [0.1, 0.15) is 5.76 Å². The molecule has 1 heterocycles. The monoisotopic (exact) mass is 421 g/mol. The van der Waals surface area contributed by atoms with E-state index in [9.17, 15) is 19.2 Å². The smallest absolute Gasteiger partial charge is 0.307 e. The predicted molar refractivity (Wildman–Crippen MR) is 115 cm³/mol. The van der Waals surface area contributed by atoms with Gasteiger partial charge in [0.05, 0.1) is 5.57 Å². The van der Waals surface area contributed by atoms with Crippen LogP contribution in [0.15, 0.2) is 17.9 Å². The maximum atomic E-state index is 13.4. The summed E-state index contributed by atoms with van der Waals surface area (Å²) in [5.74, 6) is 4.99. The van der Waals surface area contributed by atoms with E-state index in [4.69, 9.17) is 4.74 Å². The lowest BCUT2D eigenvalue weighted by atomic mass is 9.66. The van der Waals surface area contributed by atoms with Gasteiger partial charge in [-0.15, -0.1) is 5.92 Å². The molecule has 6 heteroatoms. The van der Waals surface area contributed by atoms with Crippen molar-refractivity contribution in [1.82, 2.24) is 4.90 Å². The zero-order valence-electron chi connectivity index (χ0n) is 18.7. The molecule has 0 bridgehead atoms. The van der Waals surface area contributed by atoms with E-state index in [1.165, 1.54) is 18.7 Å². The first-order valence-electron chi connectivity index (χ1n) is 10.4. The molecule has 1 spiro atoms. The molecule has 1 aromatic carbocycles. The fraction of sp³-hybridized carbons (Fsp3) is 0.440. The molecule has 1 fully saturated rings. The topological polar surface area (TPSA) is 80.8 Å². The van der Waals surface area contributed by atoms with Crippen LogP contribution in [0.3, 0.4) is 0 Å². The molecule has 1 atom stereocenters. The number of likely N-dealkylation sites (tertiary alicyclic amines) is 1. The number of imide groups is 1. The highest BCUT2D eigenvalue weighted by Crippen LogP contribution is 2.48. The molecule has 1 aliphatic heterocycles. The lowest BCUT2D eigenvalue weighted by Gasteiger charge is -2.43. The number of allylic oxidation sites excluding steroid dienone is 2. The van der Waals surface area contributed by atoms with Gasteiger partial charge >= 0.3 is 5.97 Å². The van der Waals surface area contributed by atoms with Crippen LogP contribution < -0.4 is 0 Å². The molecule has 0 N–H and O–H groups in total. The molecule has 1 aromatic rings. The first-order valence-corrected chi connectivity index (χ1v) is 10.4. The largest absolute Gasteiger partial charge is 0.430 e. The molecule has 31 heavy (non-hydrogen) atoms. The quantitative estimate of drug-likeness (QED) is 0.540. The Morgan fingerprint density at radius 1 is 1.06 bits per heavy atom. The van der Waals surface area contributed by atoms with Crippen LogP contribution >= 0.6 is 0 Å². The third-order valence-corrected chi connectivity index (χ3v) is 6.02. The van der Waals surface area contributed by atoms with E-state index in [1.54, 1.807) is 6.92 Å². The maximum absolute atomic E-state index is 13.4. The second-order valence-electron chi connectivity index (χ2n) is 8.52. The Morgan fingerprint density at radius 2 is 1.71 bits per heavy atom. The van der Waals surface area contributed by atoms with E-state index in [0.717, 1.165) is 22.3 Å². The minimum atomic E-state index is -0.635. The highest BCUT2D eigenvalue weighted by molar-refractivity contribution is 6.23. The maximum Gasteiger partial charge on any atom is 0.307 e. The van der Waals surface area contributed by atoms with Gasteiger partial charge in [-0.3, -0.25) is 24.1 Å². The lowest BCUT2D eigenvalue weighted by Crippen LogP contribution is -2.48. The Hall–Kier alpha value is -3.20. The SMILES string of the molecule is CC#Cc1cc(C)c(C2=C(OC(C)=O)CC3(CCN(C(C)=O)C(=O)C3)CC2=O)c(C)c1. The summed E-state index contributed by atoms with van der Waals surface area (Å²) in [5.41, 5.74) is 3.15. The van der Waals surface area contributed by atoms with E-state index >= 15 is 0 Å². The van der Waals surface area contributed by atoms with Gasteiger partial charge in [0, 0.05) is 45.2 Å². The number of Topliss-reactive ketones (excluding diaryl/α,β-unsaturated/α-hetero) is 1. The average molecular weight is 421 g/mol. The van der Waals surface area contributed by atoms with Gasteiger partial charge in [0.25, 0.3) is 0 Å². The van der Waals surface area contributed by atoms with Crippen LogP contribution in [0.1, 0.15) is 68.7 Å². The standard InChI is InChI=1S/C25H27NO5/c1-6-7-19-10-15(2)23(16(3)11-19)24-20(29)12-25(13-21(24)31-18(5)28)8-9-26(17(4)27)22(30)14-25/h10-11H,8-9,12-14H2,1-5H3. The molecule has 1 aliphatic carbocycles. The van der Waals surface area contributed by atoms with Crippen molar-refractivity contribution in [1.29, 1.82) is 0 Å². The average Bonchev–Trinajstić information content (AvgIpc) is 2.62. The number of piperidine rings is 1. The minimum Gasteiger partial charge on any atom is -0.430 e. The Bertz CT molecular complexity index is 1060. The highest BCUT2D eigenvalue weighted by atomic mass is 16.5. The van der Waals surface area contributed by atoms with Gasteiger partial charge < -0.3 is 4.74 Å². The van der Waals surface area contributed by atoms with Crippen LogP contribution in [-0.4, -0.2) is 35.0 Å². The van der Waals surface area contributed by atoms with Crippen molar-refractivity contribution in [3.05, 3.63) is 40.1 Å². The van der Waals surface area contributed by atoms with Crippen LogP contribution in [-0.2, 0) is 23.9 Å². The molecule has 1 unspecified atom stereocenters. The van der Waals surface area contributed by atoms with E-state index in [-0.39, 0.29) is 37.0 Å². The zero-order chi connectivity index (χ0) is 22.9. The Labute approximate surface area is 182 Å². The fourth-order valence-corrected chi connectivity index (χ4v) is 4.80. The number of ketones is 1. The van der Waals surface area contributed by atoms with Crippen LogP contribution in [0, 0.1) is 31.1 Å². The van der Waals surface area contributed by atoms with Gasteiger partial charge in [-0.05, 0) is 61.4 Å². The molecule has 1 saturated heterocycles. The number of carbonyl (C=O) groups excluding carboxylic acids is 4. The summed E-state index contributed by atoms with van der Waals surface area (Å²) in [5, 5.41) is 0. The molecule has 2 aliphatic rings. The number of hydrogen-bond acceptors (Lipinski definition) is 5.